The molecule has 1 aromatic carbocycles. The number of carbonyl (C=O) groups excluding carboxylic acids is 2. The Labute approximate surface area is 200 Å². The van der Waals surface area contributed by atoms with E-state index in [9.17, 15) is 9.59 Å². The lowest BCUT2D eigenvalue weighted by atomic mass is 10.0. The standard InChI is InChI=1S/C26H33N5O3/c1-4-21(32)9-6-10-22(33)16-19-7-5-8-20(15-19)23-24-25(31(17-27-24)18(2)3)29-26(28-23)30-11-13-34-14-12-30/h5,7-8,15,17-18H,4,6,9-14,16H2,1-3H3. The number of imidazole rings is 1. The molecular formula is C26H33N5O3. The van der Waals surface area contributed by atoms with E-state index >= 15 is 0 Å². The quantitative estimate of drug-likeness (QED) is 0.446. The summed E-state index contributed by atoms with van der Waals surface area (Å²) in [6.45, 7) is 8.87. The van der Waals surface area contributed by atoms with Gasteiger partial charge in [-0.1, -0.05) is 25.1 Å². The van der Waals surface area contributed by atoms with E-state index in [1.165, 1.54) is 0 Å². The molecule has 0 atom stereocenters. The van der Waals surface area contributed by atoms with Crippen LogP contribution in [0, 0.1) is 0 Å². The Bertz CT molecular complexity index is 1160. The average molecular weight is 464 g/mol. The third-order valence-electron chi connectivity index (χ3n) is 6.17. The van der Waals surface area contributed by atoms with Crippen molar-refractivity contribution in [3.05, 3.63) is 36.2 Å². The maximum Gasteiger partial charge on any atom is 0.228 e. The number of hydrogen-bond donors (Lipinski definition) is 0. The van der Waals surface area contributed by atoms with E-state index in [2.05, 4.69) is 28.3 Å². The zero-order valence-corrected chi connectivity index (χ0v) is 20.3. The van der Waals surface area contributed by atoms with Crippen LogP contribution in [0.1, 0.15) is 58.1 Å². The second-order valence-electron chi connectivity index (χ2n) is 9.05. The number of fused-ring (bicyclic) bond motifs is 1. The summed E-state index contributed by atoms with van der Waals surface area (Å²) in [6, 6.07) is 8.17. The molecule has 0 radical (unpaired) electrons. The fourth-order valence-corrected chi connectivity index (χ4v) is 4.19. The number of Topliss-reactive ketones (excluding diaryl/α,β-unsaturated/α-hetero) is 2. The highest BCUT2D eigenvalue weighted by Gasteiger charge is 2.21. The summed E-state index contributed by atoms with van der Waals surface area (Å²) in [5.74, 6) is 1.03. The first-order valence-electron chi connectivity index (χ1n) is 12.2. The number of nitrogens with zero attached hydrogens (tertiary/aromatic N) is 5. The molecule has 1 fully saturated rings. The van der Waals surface area contributed by atoms with Gasteiger partial charge in [0.1, 0.15) is 22.8 Å². The highest BCUT2D eigenvalue weighted by molar-refractivity contribution is 5.89. The van der Waals surface area contributed by atoms with Crippen LogP contribution in [0.25, 0.3) is 22.4 Å². The predicted octanol–water partition coefficient (Wildman–Crippen LogP) is 4.17. The van der Waals surface area contributed by atoms with Crippen LogP contribution in [-0.4, -0.2) is 57.4 Å². The van der Waals surface area contributed by atoms with Gasteiger partial charge >= 0.3 is 0 Å². The van der Waals surface area contributed by atoms with Gasteiger partial charge in [-0.3, -0.25) is 9.59 Å². The van der Waals surface area contributed by atoms with Crippen LogP contribution in [0.3, 0.4) is 0 Å². The lowest BCUT2D eigenvalue weighted by Crippen LogP contribution is -2.37. The molecule has 34 heavy (non-hydrogen) atoms. The molecule has 1 saturated heterocycles. The van der Waals surface area contributed by atoms with Gasteiger partial charge in [-0.25, -0.2) is 9.97 Å². The number of aromatic nitrogens is 4. The van der Waals surface area contributed by atoms with Gasteiger partial charge in [0.05, 0.1) is 19.5 Å². The fourth-order valence-electron chi connectivity index (χ4n) is 4.19. The molecule has 0 saturated carbocycles. The van der Waals surface area contributed by atoms with Gasteiger partial charge < -0.3 is 14.2 Å². The first-order valence-corrected chi connectivity index (χ1v) is 12.2. The van der Waals surface area contributed by atoms with E-state index < -0.39 is 0 Å². The van der Waals surface area contributed by atoms with Crippen LogP contribution in [0.4, 0.5) is 5.95 Å². The van der Waals surface area contributed by atoms with E-state index in [1.807, 2.05) is 37.5 Å². The van der Waals surface area contributed by atoms with Gasteiger partial charge in [-0.15, -0.1) is 0 Å². The smallest absolute Gasteiger partial charge is 0.228 e. The third-order valence-corrected chi connectivity index (χ3v) is 6.17. The van der Waals surface area contributed by atoms with Crippen molar-refractivity contribution in [2.24, 2.45) is 0 Å². The van der Waals surface area contributed by atoms with Crippen molar-refractivity contribution in [3.63, 3.8) is 0 Å². The fraction of sp³-hybridized carbons (Fsp3) is 0.500. The van der Waals surface area contributed by atoms with E-state index in [-0.39, 0.29) is 17.6 Å². The highest BCUT2D eigenvalue weighted by atomic mass is 16.5. The number of ether oxygens (including phenoxy) is 1. The SMILES string of the molecule is CCC(=O)CCCC(=O)Cc1cccc(-c2nc(N3CCOCC3)nc3c2ncn3C(C)C)c1. The number of rotatable bonds is 10. The van der Waals surface area contributed by atoms with Crippen molar-refractivity contribution < 1.29 is 14.3 Å². The topological polar surface area (TPSA) is 90.2 Å². The first kappa shape index (κ1) is 24.0. The Morgan fingerprint density at radius 3 is 2.59 bits per heavy atom. The average Bonchev–Trinajstić information content (AvgIpc) is 3.28. The van der Waals surface area contributed by atoms with Crippen molar-refractivity contribution in [1.82, 2.24) is 19.5 Å². The van der Waals surface area contributed by atoms with Crippen LogP contribution in [-0.2, 0) is 20.7 Å². The summed E-state index contributed by atoms with van der Waals surface area (Å²) in [5, 5.41) is 0. The summed E-state index contributed by atoms with van der Waals surface area (Å²) in [4.78, 5) is 40.6. The van der Waals surface area contributed by atoms with Crippen LogP contribution in [0.2, 0.25) is 0 Å². The minimum Gasteiger partial charge on any atom is -0.378 e. The summed E-state index contributed by atoms with van der Waals surface area (Å²) in [7, 11) is 0. The first-order chi connectivity index (χ1) is 16.5. The zero-order chi connectivity index (χ0) is 24.1. The third kappa shape index (κ3) is 5.50. The number of anilines is 1. The Hall–Kier alpha value is -3.13. The Kier molecular flexibility index (Phi) is 7.67. The summed E-state index contributed by atoms with van der Waals surface area (Å²) >= 11 is 0. The van der Waals surface area contributed by atoms with Crippen LogP contribution in [0.5, 0.6) is 0 Å². The van der Waals surface area contributed by atoms with Crippen molar-refractivity contribution in [1.29, 1.82) is 0 Å². The molecule has 0 amide bonds. The molecule has 0 bridgehead atoms. The summed E-state index contributed by atoms with van der Waals surface area (Å²) in [5.41, 5.74) is 4.19. The maximum atomic E-state index is 12.5. The number of morpholine rings is 1. The van der Waals surface area contributed by atoms with E-state index in [0.717, 1.165) is 41.1 Å². The number of ketones is 2. The van der Waals surface area contributed by atoms with E-state index in [1.54, 1.807) is 0 Å². The Balaban J connectivity index is 1.63. The molecule has 3 heterocycles. The van der Waals surface area contributed by atoms with Gasteiger partial charge in [-0.2, -0.15) is 4.98 Å². The molecule has 3 aromatic rings. The molecular weight excluding hydrogens is 430 g/mol. The summed E-state index contributed by atoms with van der Waals surface area (Å²) < 4.78 is 7.57. The van der Waals surface area contributed by atoms with Gasteiger partial charge in [0.15, 0.2) is 5.65 Å². The molecule has 1 aliphatic rings. The van der Waals surface area contributed by atoms with Crippen molar-refractivity contribution in [2.75, 3.05) is 31.2 Å². The molecule has 2 aromatic heterocycles. The van der Waals surface area contributed by atoms with Gasteiger partial charge in [0.25, 0.3) is 0 Å². The predicted molar refractivity (Wildman–Crippen MR) is 132 cm³/mol. The zero-order valence-electron chi connectivity index (χ0n) is 20.3. The minimum absolute atomic E-state index is 0.145. The van der Waals surface area contributed by atoms with Crippen LogP contribution < -0.4 is 4.90 Å². The van der Waals surface area contributed by atoms with Crippen molar-refractivity contribution in [2.45, 2.75) is 58.9 Å². The number of carbonyl (C=O) groups is 2. The van der Waals surface area contributed by atoms with Gasteiger partial charge in [-0.05, 0) is 31.9 Å². The van der Waals surface area contributed by atoms with Crippen LogP contribution in [0.15, 0.2) is 30.6 Å². The molecule has 4 rings (SSSR count). The van der Waals surface area contributed by atoms with Gasteiger partial charge in [0, 0.05) is 50.4 Å². The lowest BCUT2D eigenvalue weighted by molar-refractivity contribution is -0.119. The lowest BCUT2D eigenvalue weighted by Gasteiger charge is -2.27. The number of benzene rings is 1. The molecule has 1 aliphatic heterocycles. The monoisotopic (exact) mass is 463 g/mol. The normalized spacial score (nSPS) is 14.2. The number of hydrogen-bond acceptors (Lipinski definition) is 7. The Morgan fingerprint density at radius 2 is 1.85 bits per heavy atom. The van der Waals surface area contributed by atoms with Crippen LogP contribution >= 0.6 is 0 Å². The van der Waals surface area contributed by atoms with E-state index in [0.29, 0.717) is 51.3 Å². The minimum atomic E-state index is 0.145. The largest absolute Gasteiger partial charge is 0.378 e. The molecule has 0 spiro atoms. The molecule has 0 aliphatic carbocycles. The second-order valence-corrected chi connectivity index (χ2v) is 9.05. The molecule has 0 N–H and O–H groups in total. The van der Waals surface area contributed by atoms with Gasteiger partial charge in [0.2, 0.25) is 5.95 Å². The molecule has 8 nitrogen and oxygen atoms in total. The molecule has 8 heteroatoms. The highest BCUT2D eigenvalue weighted by Crippen LogP contribution is 2.30. The van der Waals surface area contributed by atoms with Crippen molar-refractivity contribution >= 4 is 28.7 Å². The molecule has 180 valence electrons. The van der Waals surface area contributed by atoms with E-state index in [4.69, 9.17) is 14.7 Å². The van der Waals surface area contributed by atoms with Crippen molar-refractivity contribution in [3.8, 4) is 11.3 Å². The maximum absolute atomic E-state index is 12.5. The Morgan fingerprint density at radius 1 is 1.09 bits per heavy atom. The second kappa shape index (κ2) is 10.9. The molecule has 0 unspecified atom stereocenters. The summed E-state index contributed by atoms with van der Waals surface area (Å²) in [6.07, 6.45) is 4.22.